The van der Waals surface area contributed by atoms with Crippen LogP contribution in [0.5, 0.6) is 0 Å². The van der Waals surface area contributed by atoms with Crippen molar-refractivity contribution in [3.8, 4) is 0 Å². The van der Waals surface area contributed by atoms with Crippen molar-refractivity contribution in [2.45, 2.75) is 0 Å². The number of imide groups is 1. The Bertz CT molecular complexity index is 602. The highest BCUT2D eigenvalue weighted by Gasteiger charge is 2.32. The van der Waals surface area contributed by atoms with E-state index >= 15 is 0 Å². The van der Waals surface area contributed by atoms with Crippen LogP contribution in [-0.2, 0) is 0 Å². The normalized spacial score (nSPS) is 14.3. The van der Waals surface area contributed by atoms with E-state index in [-0.39, 0.29) is 0 Å². The second kappa shape index (κ2) is 3.43. The first-order chi connectivity index (χ1) is 8.24. The van der Waals surface area contributed by atoms with Gasteiger partial charge in [-0.25, -0.2) is 0 Å². The van der Waals surface area contributed by atoms with Gasteiger partial charge in [-0.1, -0.05) is 24.3 Å². The van der Waals surface area contributed by atoms with Crippen LogP contribution >= 0.6 is 0 Å². The number of nitrogens with zero attached hydrogens (tertiary/aromatic N) is 1. The molecule has 2 amide bonds. The van der Waals surface area contributed by atoms with Gasteiger partial charge in [-0.15, -0.1) is 0 Å². The van der Waals surface area contributed by atoms with E-state index in [0.717, 1.165) is 10.2 Å². The lowest BCUT2D eigenvalue weighted by molar-refractivity contribution is 0.0710. The molecule has 0 bridgehead atoms. The topological polar surface area (TPSA) is 57.6 Å². The smallest absolute Gasteiger partial charge is 0.434 e. The zero-order valence-corrected chi connectivity index (χ0v) is 8.75. The Kier molecular flexibility index (Phi) is 2.03. The van der Waals surface area contributed by atoms with Crippen molar-refractivity contribution < 1.29 is 14.6 Å². The zero-order chi connectivity index (χ0) is 12.0. The molecule has 2 aromatic carbocycles. The van der Waals surface area contributed by atoms with Gasteiger partial charge in [0.1, 0.15) is 0 Å². The predicted molar refractivity (Wildman–Crippen MR) is 62.4 cm³/mol. The van der Waals surface area contributed by atoms with Gasteiger partial charge in [-0.2, -0.15) is 0 Å². The molecule has 0 atom stereocenters. The van der Waals surface area contributed by atoms with Gasteiger partial charge < -0.3 is 5.02 Å². The van der Waals surface area contributed by atoms with E-state index in [9.17, 15) is 9.59 Å². The van der Waals surface area contributed by atoms with Gasteiger partial charge in [0, 0.05) is 16.5 Å². The summed E-state index contributed by atoms with van der Waals surface area (Å²) in [5.41, 5.74) is 0.867. The number of carbonyl (C=O) groups is 2. The van der Waals surface area contributed by atoms with E-state index in [1.54, 1.807) is 24.3 Å². The maximum absolute atomic E-state index is 12.0. The summed E-state index contributed by atoms with van der Waals surface area (Å²) in [7, 11) is 0.513. The summed E-state index contributed by atoms with van der Waals surface area (Å²) in [5, 5.41) is 10.5. The Morgan fingerprint density at radius 2 is 1.47 bits per heavy atom. The fourth-order valence-electron chi connectivity index (χ4n) is 2.15. The summed E-state index contributed by atoms with van der Waals surface area (Å²) in [5.74, 6) is -0.997. The summed E-state index contributed by atoms with van der Waals surface area (Å²) in [6.07, 6.45) is 0. The highest BCUT2D eigenvalue weighted by molar-refractivity contribution is 6.43. The van der Waals surface area contributed by atoms with Gasteiger partial charge in [0.25, 0.3) is 11.8 Å². The van der Waals surface area contributed by atoms with Crippen molar-refractivity contribution in [2.75, 3.05) is 0 Å². The summed E-state index contributed by atoms with van der Waals surface area (Å²) in [6.45, 7) is 0. The van der Waals surface area contributed by atoms with Crippen molar-refractivity contribution in [3.63, 3.8) is 0 Å². The molecule has 0 aromatic heterocycles. The van der Waals surface area contributed by atoms with Crippen LogP contribution in [0.25, 0.3) is 10.8 Å². The molecule has 0 saturated carbocycles. The maximum Gasteiger partial charge on any atom is 0.446 e. The molecule has 3 rings (SSSR count). The third-order valence-corrected chi connectivity index (χ3v) is 2.92. The minimum Gasteiger partial charge on any atom is -0.434 e. The molecule has 1 aliphatic heterocycles. The molecule has 1 heterocycles. The summed E-state index contributed by atoms with van der Waals surface area (Å²) < 4.78 is 0. The first-order valence-corrected chi connectivity index (χ1v) is 5.11. The van der Waals surface area contributed by atoms with E-state index < -0.39 is 11.8 Å². The summed E-state index contributed by atoms with van der Waals surface area (Å²) in [6, 6.07) is 10.5. The Hall–Kier alpha value is -2.14. The lowest BCUT2D eigenvalue weighted by Crippen LogP contribution is -2.42. The molecule has 0 aliphatic carbocycles. The Morgan fingerprint density at radius 1 is 0.941 bits per heavy atom. The van der Waals surface area contributed by atoms with Crippen LogP contribution in [0.1, 0.15) is 20.7 Å². The molecule has 1 N–H and O–H groups in total. The molecule has 2 aromatic rings. The minimum atomic E-state index is -0.498. The first-order valence-electron chi connectivity index (χ1n) is 5.11. The van der Waals surface area contributed by atoms with Gasteiger partial charge in [-0.3, -0.25) is 14.4 Å². The second-order valence-electron chi connectivity index (χ2n) is 3.81. The number of hydrogen-bond acceptors (Lipinski definition) is 3. The van der Waals surface area contributed by atoms with Crippen LogP contribution < -0.4 is 0 Å². The van der Waals surface area contributed by atoms with E-state index in [4.69, 9.17) is 5.02 Å². The highest BCUT2D eigenvalue weighted by atomic mass is 16.2. The van der Waals surface area contributed by atoms with Crippen molar-refractivity contribution in [1.82, 2.24) is 4.81 Å². The van der Waals surface area contributed by atoms with Crippen molar-refractivity contribution >= 4 is 30.2 Å². The first kappa shape index (κ1) is 10.0. The number of rotatable bonds is 1. The maximum atomic E-state index is 12.0. The molecule has 5 heteroatoms. The van der Waals surface area contributed by atoms with Crippen molar-refractivity contribution in [3.05, 3.63) is 47.5 Å². The molecular weight excluding hydrogens is 217 g/mol. The summed E-state index contributed by atoms with van der Waals surface area (Å²) >= 11 is 0. The fraction of sp³-hybridized carbons (Fsp3) is 0. The molecule has 81 valence electrons. The van der Waals surface area contributed by atoms with Crippen LogP contribution in [0.2, 0.25) is 0 Å². The van der Waals surface area contributed by atoms with Crippen LogP contribution in [0, 0.1) is 0 Å². The van der Waals surface area contributed by atoms with E-state index in [1.165, 1.54) is 0 Å². The molecule has 0 spiro atoms. The molecule has 0 unspecified atom stereocenters. The highest BCUT2D eigenvalue weighted by Crippen LogP contribution is 2.29. The zero-order valence-electron chi connectivity index (χ0n) is 8.75. The van der Waals surface area contributed by atoms with Crippen LogP contribution in [0.3, 0.4) is 0 Å². The summed E-state index contributed by atoms with van der Waals surface area (Å²) in [4.78, 5) is 24.6. The Labute approximate surface area is 97.8 Å². The lowest BCUT2D eigenvalue weighted by Gasteiger charge is -2.24. The van der Waals surface area contributed by atoms with Gasteiger partial charge >= 0.3 is 7.62 Å². The third-order valence-electron chi connectivity index (χ3n) is 2.92. The number of carbonyl (C=O) groups excluding carboxylic acids is 2. The molecule has 0 saturated heterocycles. The SMILES string of the molecule is O=C1c2cccc3cccc(c23)C(=O)N1[B]O. The molecule has 1 radical (unpaired) electrons. The standard InChI is InChI=1S/C12H7BNO3/c15-11-8-5-1-3-7-4-2-6-9(10(7)8)12(16)14(11)13-17/h1-6,17H. The molecule has 1 aliphatic rings. The average molecular weight is 224 g/mol. The quantitative estimate of drug-likeness (QED) is 0.579. The lowest BCUT2D eigenvalue weighted by atomic mass is 9.91. The predicted octanol–water partition coefficient (Wildman–Crippen LogP) is 0.962. The van der Waals surface area contributed by atoms with Crippen molar-refractivity contribution in [2.24, 2.45) is 0 Å². The van der Waals surface area contributed by atoms with Crippen LogP contribution in [-0.4, -0.2) is 29.3 Å². The largest absolute Gasteiger partial charge is 0.446 e. The monoisotopic (exact) mass is 224 g/mol. The Morgan fingerprint density at radius 3 is 1.94 bits per heavy atom. The van der Waals surface area contributed by atoms with E-state index in [2.05, 4.69) is 0 Å². The minimum absolute atomic E-state index is 0.433. The molecule has 17 heavy (non-hydrogen) atoms. The Balaban J connectivity index is 2.43. The van der Waals surface area contributed by atoms with Crippen LogP contribution in [0.15, 0.2) is 36.4 Å². The van der Waals surface area contributed by atoms with Crippen molar-refractivity contribution in [1.29, 1.82) is 0 Å². The van der Waals surface area contributed by atoms with Gasteiger partial charge in [0.15, 0.2) is 0 Å². The number of amides is 2. The average Bonchev–Trinajstić information content (AvgIpc) is 2.36. The number of benzene rings is 2. The van der Waals surface area contributed by atoms with Gasteiger partial charge in [-0.05, 0) is 17.5 Å². The van der Waals surface area contributed by atoms with E-state index in [1.807, 2.05) is 12.1 Å². The third kappa shape index (κ3) is 1.23. The van der Waals surface area contributed by atoms with Crippen LogP contribution in [0.4, 0.5) is 0 Å². The van der Waals surface area contributed by atoms with E-state index in [0.29, 0.717) is 24.1 Å². The molecule has 0 fully saturated rings. The fourth-order valence-corrected chi connectivity index (χ4v) is 2.15. The molecule has 4 nitrogen and oxygen atoms in total. The van der Waals surface area contributed by atoms with Gasteiger partial charge in [0.2, 0.25) is 0 Å². The van der Waals surface area contributed by atoms with Gasteiger partial charge in [0.05, 0.1) is 0 Å². The molecular formula is C12H7BNO3. The second-order valence-corrected chi connectivity index (χ2v) is 3.81. The number of hydrogen-bond donors (Lipinski definition) is 1.